The van der Waals surface area contributed by atoms with E-state index in [1.807, 2.05) is 26.0 Å². The van der Waals surface area contributed by atoms with E-state index in [1.54, 1.807) is 42.0 Å². The predicted molar refractivity (Wildman–Crippen MR) is 133 cm³/mol. The zero-order chi connectivity index (χ0) is 24.5. The van der Waals surface area contributed by atoms with Gasteiger partial charge in [-0.2, -0.15) is 0 Å². The van der Waals surface area contributed by atoms with Crippen LogP contribution in [0, 0.1) is 5.92 Å². The largest absolute Gasteiger partial charge is 0.352 e. The summed E-state index contributed by atoms with van der Waals surface area (Å²) in [6.45, 7) is 4.61. The van der Waals surface area contributed by atoms with Crippen molar-refractivity contribution in [3.63, 3.8) is 0 Å². The molecule has 1 aromatic carbocycles. The minimum absolute atomic E-state index is 0.0991. The summed E-state index contributed by atoms with van der Waals surface area (Å²) >= 11 is 7.40. The standard InChI is InChI=1S/C24H26ClN5O3S/c1-16(2)13-30(23(33)19-5-3-4-6-20(19)25)14-22(32)29-24-28-18(15-34-24)11-21(31)27-12-17-7-9-26-10-8-17/h3-10,15-16H,11-14H2,1-2H3,(H,27,31)(H,28,29,32). The van der Waals surface area contributed by atoms with Crippen LogP contribution in [0.2, 0.25) is 5.02 Å². The van der Waals surface area contributed by atoms with Gasteiger partial charge in [0.25, 0.3) is 5.91 Å². The molecule has 0 aliphatic carbocycles. The minimum atomic E-state index is -0.371. The van der Waals surface area contributed by atoms with E-state index < -0.39 is 0 Å². The second-order valence-electron chi connectivity index (χ2n) is 8.06. The van der Waals surface area contributed by atoms with Gasteiger partial charge in [0, 0.05) is 30.9 Å². The summed E-state index contributed by atoms with van der Waals surface area (Å²) in [6, 6.07) is 10.4. The quantitative estimate of drug-likeness (QED) is 0.441. The number of rotatable bonds is 10. The third kappa shape index (κ3) is 7.64. The molecule has 2 heterocycles. The molecule has 0 fully saturated rings. The first-order valence-corrected chi connectivity index (χ1v) is 12.0. The Morgan fingerprint density at radius 1 is 1.09 bits per heavy atom. The molecule has 0 aliphatic rings. The van der Waals surface area contributed by atoms with Crippen molar-refractivity contribution in [3.8, 4) is 0 Å². The van der Waals surface area contributed by atoms with Crippen molar-refractivity contribution < 1.29 is 14.4 Å². The summed E-state index contributed by atoms with van der Waals surface area (Å²) in [4.78, 5) is 47.6. The van der Waals surface area contributed by atoms with E-state index in [4.69, 9.17) is 11.6 Å². The number of anilines is 1. The highest BCUT2D eigenvalue weighted by molar-refractivity contribution is 7.13. The summed E-state index contributed by atoms with van der Waals surface area (Å²) in [7, 11) is 0. The molecule has 0 unspecified atom stereocenters. The Kier molecular flexibility index (Phi) is 9.12. The maximum absolute atomic E-state index is 13.0. The Hall–Kier alpha value is -3.30. The molecule has 10 heteroatoms. The minimum Gasteiger partial charge on any atom is -0.352 e. The number of pyridine rings is 1. The molecule has 34 heavy (non-hydrogen) atoms. The zero-order valence-electron chi connectivity index (χ0n) is 19.0. The molecule has 3 amide bonds. The van der Waals surface area contributed by atoms with Gasteiger partial charge < -0.3 is 15.5 Å². The van der Waals surface area contributed by atoms with Crippen LogP contribution < -0.4 is 10.6 Å². The molecule has 2 N–H and O–H groups in total. The van der Waals surface area contributed by atoms with E-state index >= 15 is 0 Å². The van der Waals surface area contributed by atoms with E-state index in [9.17, 15) is 14.4 Å². The van der Waals surface area contributed by atoms with E-state index in [1.165, 1.54) is 16.2 Å². The van der Waals surface area contributed by atoms with Gasteiger partial charge in [0.2, 0.25) is 11.8 Å². The molecule has 8 nitrogen and oxygen atoms in total. The number of hydrogen-bond donors (Lipinski definition) is 2. The maximum Gasteiger partial charge on any atom is 0.255 e. The molecule has 178 valence electrons. The van der Waals surface area contributed by atoms with Crippen LogP contribution in [0.5, 0.6) is 0 Å². The third-order valence-electron chi connectivity index (χ3n) is 4.69. The summed E-state index contributed by atoms with van der Waals surface area (Å²) < 4.78 is 0. The first kappa shape index (κ1) is 25.3. The van der Waals surface area contributed by atoms with Gasteiger partial charge in [0.05, 0.1) is 22.7 Å². The van der Waals surface area contributed by atoms with Crippen LogP contribution in [0.15, 0.2) is 54.2 Å². The van der Waals surface area contributed by atoms with Crippen LogP contribution in [0.4, 0.5) is 5.13 Å². The Balaban J connectivity index is 1.55. The van der Waals surface area contributed by atoms with Gasteiger partial charge in [-0.25, -0.2) is 4.98 Å². The molecule has 0 saturated heterocycles. The van der Waals surface area contributed by atoms with Crippen molar-refractivity contribution in [1.29, 1.82) is 0 Å². The number of halogens is 1. The average molecular weight is 500 g/mol. The monoisotopic (exact) mass is 499 g/mol. The number of aromatic nitrogens is 2. The highest BCUT2D eigenvalue weighted by Gasteiger charge is 2.22. The lowest BCUT2D eigenvalue weighted by Crippen LogP contribution is -2.40. The topological polar surface area (TPSA) is 104 Å². The summed E-state index contributed by atoms with van der Waals surface area (Å²) in [5.74, 6) is -0.686. The fourth-order valence-corrected chi connectivity index (χ4v) is 4.11. The van der Waals surface area contributed by atoms with Gasteiger partial charge in [-0.05, 0) is 35.7 Å². The number of benzene rings is 1. The lowest BCUT2D eigenvalue weighted by molar-refractivity contribution is -0.120. The van der Waals surface area contributed by atoms with Crippen molar-refractivity contribution in [3.05, 3.63) is 76.0 Å². The molecule has 0 bridgehead atoms. The molecule has 0 atom stereocenters. The van der Waals surface area contributed by atoms with Crippen LogP contribution in [-0.4, -0.2) is 45.7 Å². The van der Waals surface area contributed by atoms with Crippen LogP contribution in [-0.2, 0) is 22.6 Å². The highest BCUT2D eigenvalue weighted by atomic mass is 35.5. The van der Waals surface area contributed by atoms with Crippen LogP contribution in [0.3, 0.4) is 0 Å². The Bertz CT molecular complexity index is 1140. The third-order valence-corrected chi connectivity index (χ3v) is 5.83. The number of thiazole rings is 1. The van der Waals surface area contributed by atoms with Crippen molar-refractivity contribution in [2.24, 2.45) is 5.92 Å². The fourth-order valence-electron chi connectivity index (χ4n) is 3.17. The molecular weight excluding hydrogens is 474 g/mol. The summed E-state index contributed by atoms with van der Waals surface area (Å²) in [6.07, 6.45) is 3.43. The molecular formula is C24H26ClN5O3S. The van der Waals surface area contributed by atoms with Gasteiger partial charge in [-0.15, -0.1) is 11.3 Å². The van der Waals surface area contributed by atoms with E-state index in [0.717, 1.165) is 5.56 Å². The van der Waals surface area contributed by atoms with Crippen LogP contribution >= 0.6 is 22.9 Å². The number of carbonyl (C=O) groups excluding carboxylic acids is 3. The van der Waals surface area contributed by atoms with E-state index in [2.05, 4.69) is 20.6 Å². The maximum atomic E-state index is 13.0. The lowest BCUT2D eigenvalue weighted by Gasteiger charge is -2.24. The zero-order valence-corrected chi connectivity index (χ0v) is 20.5. The smallest absolute Gasteiger partial charge is 0.255 e. The second kappa shape index (κ2) is 12.2. The van der Waals surface area contributed by atoms with Gasteiger partial charge >= 0.3 is 0 Å². The SMILES string of the molecule is CC(C)CN(CC(=O)Nc1nc(CC(=O)NCc2ccncc2)cs1)C(=O)c1ccccc1Cl. The van der Waals surface area contributed by atoms with Crippen molar-refractivity contribution in [2.45, 2.75) is 26.8 Å². The lowest BCUT2D eigenvalue weighted by atomic mass is 10.1. The number of hydrogen-bond acceptors (Lipinski definition) is 6. The van der Waals surface area contributed by atoms with Crippen molar-refractivity contribution in [2.75, 3.05) is 18.4 Å². The highest BCUT2D eigenvalue weighted by Crippen LogP contribution is 2.19. The average Bonchev–Trinajstić information content (AvgIpc) is 3.24. The molecule has 2 aromatic heterocycles. The molecule has 3 aromatic rings. The van der Waals surface area contributed by atoms with Gasteiger partial charge in [0.1, 0.15) is 6.54 Å². The summed E-state index contributed by atoms with van der Waals surface area (Å²) in [5, 5.41) is 7.99. The first-order valence-electron chi connectivity index (χ1n) is 10.8. The Morgan fingerprint density at radius 3 is 2.53 bits per heavy atom. The number of nitrogens with zero attached hydrogens (tertiary/aromatic N) is 3. The van der Waals surface area contributed by atoms with Gasteiger partial charge in [-0.1, -0.05) is 37.6 Å². The summed E-state index contributed by atoms with van der Waals surface area (Å²) in [5.41, 5.74) is 1.86. The normalized spacial score (nSPS) is 10.7. The number of carbonyl (C=O) groups is 3. The first-order chi connectivity index (χ1) is 16.3. The van der Waals surface area contributed by atoms with E-state index in [-0.39, 0.29) is 36.6 Å². The second-order valence-corrected chi connectivity index (χ2v) is 9.33. The van der Waals surface area contributed by atoms with Gasteiger partial charge in [-0.3, -0.25) is 19.4 Å². The number of amides is 3. The molecule has 3 rings (SSSR count). The Morgan fingerprint density at radius 2 is 1.82 bits per heavy atom. The molecule has 0 radical (unpaired) electrons. The van der Waals surface area contributed by atoms with Crippen LogP contribution in [0.1, 0.15) is 35.5 Å². The Labute approximate surface area is 207 Å². The fraction of sp³-hybridized carbons (Fsp3) is 0.292. The predicted octanol–water partition coefficient (Wildman–Crippen LogP) is 3.79. The molecule has 0 spiro atoms. The van der Waals surface area contributed by atoms with E-state index in [0.29, 0.717) is 34.5 Å². The number of nitrogens with one attached hydrogen (secondary N) is 2. The van der Waals surface area contributed by atoms with Gasteiger partial charge in [0.15, 0.2) is 5.13 Å². The molecule has 0 aliphatic heterocycles. The van der Waals surface area contributed by atoms with Crippen molar-refractivity contribution in [1.82, 2.24) is 20.2 Å². The van der Waals surface area contributed by atoms with Crippen LogP contribution in [0.25, 0.3) is 0 Å². The van der Waals surface area contributed by atoms with Crippen molar-refractivity contribution >= 4 is 45.8 Å². The molecule has 0 saturated carbocycles.